The van der Waals surface area contributed by atoms with Crippen molar-refractivity contribution in [2.75, 3.05) is 18.1 Å². The van der Waals surface area contributed by atoms with Crippen LogP contribution in [-0.2, 0) is 9.53 Å². The smallest absolute Gasteiger partial charge is 0.338 e. The van der Waals surface area contributed by atoms with Crippen LogP contribution >= 0.6 is 0 Å². The van der Waals surface area contributed by atoms with Crippen LogP contribution in [0, 0.1) is 39.0 Å². The summed E-state index contributed by atoms with van der Waals surface area (Å²) in [6.07, 6.45) is 0.198. The Hall–Kier alpha value is -3.13. The zero-order valence-electron chi connectivity index (χ0n) is 16.2. The summed E-state index contributed by atoms with van der Waals surface area (Å²) in [7, 11) is 0. The van der Waals surface area contributed by atoms with Gasteiger partial charge in [0.05, 0.1) is 18.1 Å². The summed E-state index contributed by atoms with van der Waals surface area (Å²) in [5.41, 5.74) is 4.95. The van der Waals surface area contributed by atoms with Crippen molar-refractivity contribution < 1.29 is 14.3 Å². The summed E-state index contributed by atoms with van der Waals surface area (Å²) >= 11 is 0. The number of rotatable bonds is 6. The minimum atomic E-state index is -0.523. The molecular formula is C22H24N2O3. The quantitative estimate of drug-likeness (QED) is 0.726. The van der Waals surface area contributed by atoms with Gasteiger partial charge in [0.1, 0.15) is 0 Å². The Balaban J connectivity index is 2.15. The van der Waals surface area contributed by atoms with Gasteiger partial charge in [-0.1, -0.05) is 23.8 Å². The Kier molecular flexibility index (Phi) is 6.73. The third-order valence-corrected chi connectivity index (χ3v) is 4.21. The molecule has 1 amide bonds. The van der Waals surface area contributed by atoms with Gasteiger partial charge in [0.2, 0.25) is 0 Å². The second-order valence-corrected chi connectivity index (χ2v) is 6.69. The molecule has 5 heteroatoms. The van der Waals surface area contributed by atoms with E-state index in [1.165, 1.54) is 4.90 Å². The van der Waals surface area contributed by atoms with Gasteiger partial charge in [-0.15, -0.1) is 0 Å². The maximum Gasteiger partial charge on any atom is 0.338 e. The maximum atomic E-state index is 12.7. The summed E-state index contributed by atoms with van der Waals surface area (Å²) in [4.78, 5) is 26.6. The first-order chi connectivity index (χ1) is 12.8. The molecule has 0 aromatic heterocycles. The molecule has 2 aromatic carbocycles. The highest BCUT2D eigenvalue weighted by Gasteiger charge is 2.19. The molecule has 0 bridgehead atoms. The largest absolute Gasteiger partial charge is 0.452 e. The molecule has 0 heterocycles. The molecule has 27 heavy (non-hydrogen) atoms. The number of esters is 1. The summed E-state index contributed by atoms with van der Waals surface area (Å²) in [5.74, 6) is -0.876. The molecule has 0 saturated carbocycles. The minimum Gasteiger partial charge on any atom is -0.452 e. The van der Waals surface area contributed by atoms with Gasteiger partial charge in [0, 0.05) is 12.2 Å². The van der Waals surface area contributed by atoms with Crippen LogP contribution in [0.4, 0.5) is 5.69 Å². The number of hydrogen-bond donors (Lipinski definition) is 0. The molecule has 2 aromatic rings. The van der Waals surface area contributed by atoms with Crippen LogP contribution < -0.4 is 4.90 Å². The van der Waals surface area contributed by atoms with Crippen molar-refractivity contribution in [3.8, 4) is 6.07 Å². The topological polar surface area (TPSA) is 70.4 Å². The summed E-state index contributed by atoms with van der Waals surface area (Å²) in [6, 6.07) is 13.3. The monoisotopic (exact) mass is 364 g/mol. The highest BCUT2D eigenvalue weighted by Crippen LogP contribution is 2.20. The second kappa shape index (κ2) is 9.00. The van der Waals surface area contributed by atoms with Crippen LogP contribution in [0.25, 0.3) is 0 Å². The number of carbonyl (C=O) groups is 2. The molecular weight excluding hydrogens is 340 g/mol. The van der Waals surface area contributed by atoms with Crippen LogP contribution in [0.1, 0.15) is 39.0 Å². The highest BCUT2D eigenvalue weighted by atomic mass is 16.5. The van der Waals surface area contributed by atoms with Gasteiger partial charge in [-0.05, 0) is 62.6 Å². The molecule has 0 spiro atoms. The van der Waals surface area contributed by atoms with Crippen LogP contribution in [0.3, 0.4) is 0 Å². The normalized spacial score (nSPS) is 10.2. The van der Waals surface area contributed by atoms with E-state index in [0.29, 0.717) is 11.3 Å². The fourth-order valence-corrected chi connectivity index (χ4v) is 2.90. The Morgan fingerprint density at radius 3 is 2.30 bits per heavy atom. The van der Waals surface area contributed by atoms with Crippen molar-refractivity contribution in [1.82, 2.24) is 0 Å². The van der Waals surface area contributed by atoms with Gasteiger partial charge in [-0.3, -0.25) is 4.79 Å². The third kappa shape index (κ3) is 5.42. The molecule has 0 aliphatic carbocycles. The molecule has 0 unspecified atom stereocenters. The van der Waals surface area contributed by atoms with Crippen LogP contribution in [0.2, 0.25) is 0 Å². The van der Waals surface area contributed by atoms with Crippen molar-refractivity contribution in [2.24, 2.45) is 0 Å². The van der Waals surface area contributed by atoms with E-state index in [2.05, 4.69) is 6.07 Å². The van der Waals surface area contributed by atoms with Gasteiger partial charge in [0.25, 0.3) is 5.91 Å². The first kappa shape index (κ1) is 20.2. The number of benzene rings is 2. The number of carbonyl (C=O) groups excluding carboxylic acids is 2. The van der Waals surface area contributed by atoms with E-state index < -0.39 is 5.97 Å². The average molecular weight is 364 g/mol. The van der Waals surface area contributed by atoms with E-state index in [1.807, 2.05) is 58.0 Å². The Labute approximate surface area is 160 Å². The van der Waals surface area contributed by atoms with E-state index in [4.69, 9.17) is 10.00 Å². The number of ether oxygens (including phenoxy) is 1. The SMILES string of the molecule is Cc1cc(C)cc(N(CCC#N)C(=O)COC(=O)c2cc(C)ccc2C)c1. The van der Waals surface area contributed by atoms with Crippen LogP contribution in [-0.4, -0.2) is 25.0 Å². The zero-order chi connectivity index (χ0) is 20.0. The van der Waals surface area contributed by atoms with Gasteiger partial charge < -0.3 is 9.64 Å². The molecule has 140 valence electrons. The van der Waals surface area contributed by atoms with Crippen molar-refractivity contribution in [1.29, 1.82) is 5.26 Å². The van der Waals surface area contributed by atoms with E-state index in [9.17, 15) is 9.59 Å². The fourth-order valence-electron chi connectivity index (χ4n) is 2.90. The number of nitriles is 1. The van der Waals surface area contributed by atoms with Crippen molar-refractivity contribution in [3.63, 3.8) is 0 Å². The first-order valence-corrected chi connectivity index (χ1v) is 8.82. The Morgan fingerprint density at radius 1 is 1.00 bits per heavy atom. The standard InChI is InChI=1S/C22H24N2O3/c1-15-6-7-18(4)20(13-15)22(26)27-14-21(25)24(9-5-8-23)19-11-16(2)10-17(3)12-19/h6-7,10-13H,5,9,14H2,1-4H3. The number of anilines is 1. The molecule has 0 atom stereocenters. The lowest BCUT2D eigenvalue weighted by Gasteiger charge is -2.22. The van der Waals surface area contributed by atoms with Gasteiger partial charge in [-0.2, -0.15) is 5.26 Å². The minimum absolute atomic E-state index is 0.198. The summed E-state index contributed by atoms with van der Waals surface area (Å²) < 4.78 is 5.26. The predicted octanol–water partition coefficient (Wildman–Crippen LogP) is 4.02. The lowest BCUT2D eigenvalue weighted by molar-refractivity contribution is -0.121. The third-order valence-electron chi connectivity index (χ3n) is 4.21. The lowest BCUT2D eigenvalue weighted by atomic mass is 10.1. The first-order valence-electron chi connectivity index (χ1n) is 8.82. The second-order valence-electron chi connectivity index (χ2n) is 6.69. The predicted molar refractivity (Wildman–Crippen MR) is 105 cm³/mol. The Morgan fingerprint density at radius 2 is 1.67 bits per heavy atom. The molecule has 5 nitrogen and oxygen atoms in total. The number of amides is 1. The molecule has 0 N–H and O–H groups in total. The molecule has 0 aliphatic rings. The van der Waals surface area contributed by atoms with Crippen LogP contribution in [0.5, 0.6) is 0 Å². The molecule has 0 saturated heterocycles. The maximum absolute atomic E-state index is 12.7. The van der Waals surface area contributed by atoms with E-state index in [1.54, 1.807) is 6.07 Å². The van der Waals surface area contributed by atoms with Crippen LogP contribution in [0.15, 0.2) is 36.4 Å². The fraction of sp³-hybridized carbons (Fsp3) is 0.318. The molecule has 0 radical (unpaired) electrons. The van der Waals surface area contributed by atoms with Crippen molar-refractivity contribution in [3.05, 3.63) is 64.2 Å². The molecule has 2 rings (SSSR count). The lowest BCUT2D eigenvalue weighted by Crippen LogP contribution is -2.35. The zero-order valence-corrected chi connectivity index (χ0v) is 16.2. The summed E-state index contributed by atoms with van der Waals surface area (Å²) in [5, 5.41) is 8.90. The number of hydrogen-bond acceptors (Lipinski definition) is 4. The van der Waals surface area contributed by atoms with Crippen molar-refractivity contribution >= 4 is 17.6 Å². The Bertz CT molecular complexity index is 877. The van der Waals surface area contributed by atoms with Crippen molar-refractivity contribution in [2.45, 2.75) is 34.1 Å². The van der Waals surface area contributed by atoms with E-state index in [0.717, 1.165) is 22.3 Å². The molecule has 0 aliphatic heterocycles. The average Bonchev–Trinajstić information content (AvgIpc) is 2.61. The number of nitrogens with zero attached hydrogens (tertiary/aromatic N) is 2. The summed E-state index contributed by atoms with van der Waals surface area (Å²) in [6.45, 7) is 7.50. The van der Waals surface area contributed by atoms with E-state index in [-0.39, 0.29) is 25.5 Å². The van der Waals surface area contributed by atoms with Gasteiger partial charge in [-0.25, -0.2) is 4.79 Å². The highest BCUT2D eigenvalue weighted by molar-refractivity contribution is 5.97. The van der Waals surface area contributed by atoms with Gasteiger partial charge in [0.15, 0.2) is 6.61 Å². The number of aryl methyl sites for hydroxylation is 4. The van der Waals surface area contributed by atoms with Gasteiger partial charge >= 0.3 is 5.97 Å². The van der Waals surface area contributed by atoms with E-state index >= 15 is 0 Å². The molecule has 0 fully saturated rings.